The van der Waals surface area contributed by atoms with E-state index in [2.05, 4.69) is 5.10 Å². The van der Waals surface area contributed by atoms with Crippen molar-refractivity contribution in [2.45, 2.75) is 32.6 Å². The van der Waals surface area contributed by atoms with Crippen LogP contribution in [-0.2, 0) is 12.8 Å². The van der Waals surface area contributed by atoms with Gasteiger partial charge in [0, 0.05) is 10.4 Å². The fraction of sp³-hybridized carbons (Fsp3) is 0.263. The standard InChI is InChI=1S/C19H16N4O2S/c1-10-20-18-15(13-8-4-5-9-14(13)26-18)17-21-16(22-23(10)17)11-6-2-3-7-12(11)19(24)25/h2-3,6-7H,4-5,8-9H2,1H3,(H,24,25). The molecule has 0 amide bonds. The predicted molar refractivity (Wildman–Crippen MR) is 99.9 cm³/mol. The van der Waals surface area contributed by atoms with Crippen LogP contribution in [0.3, 0.4) is 0 Å². The largest absolute Gasteiger partial charge is 0.478 e. The number of fused-ring (bicyclic) bond motifs is 5. The quantitative estimate of drug-likeness (QED) is 0.584. The molecule has 0 bridgehead atoms. The molecule has 5 rings (SSSR count). The second-order valence-electron chi connectivity index (χ2n) is 6.57. The van der Waals surface area contributed by atoms with E-state index in [4.69, 9.17) is 9.97 Å². The zero-order chi connectivity index (χ0) is 17.8. The Bertz CT molecular complexity index is 1190. The molecule has 1 aromatic carbocycles. The lowest BCUT2D eigenvalue weighted by atomic mass is 9.97. The molecule has 1 aliphatic rings. The van der Waals surface area contributed by atoms with Crippen molar-refractivity contribution in [3.63, 3.8) is 0 Å². The van der Waals surface area contributed by atoms with Gasteiger partial charge < -0.3 is 5.11 Å². The van der Waals surface area contributed by atoms with E-state index in [0.29, 0.717) is 11.4 Å². The molecule has 3 heterocycles. The highest BCUT2D eigenvalue weighted by molar-refractivity contribution is 7.19. The van der Waals surface area contributed by atoms with Gasteiger partial charge in [-0.05, 0) is 44.2 Å². The number of rotatable bonds is 2. The molecule has 0 atom stereocenters. The molecule has 3 aromatic heterocycles. The van der Waals surface area contributed by atoms with Gasteiger partial charge in [-0.25, -0.2) is 14.8 Å². The summed E-state index contributed by atoms with van der Waals surface area (Å²) in [6.45, 7) is 1.91. The summed E-state index contributed by atoms with van der Waals surface area (Å²) in [6.07, 6.45) is 4.55. The van der Waals surface area contributed by atoms with Crippen molar-refractivity contribution in [2.75, 3.05) is 0 Å². The van der Waals surface area contributed by atoms with Gasteiger partial charge in [0.05, 0.1) is 10.9 Å². The second-order valence-corrected chi connectivity index (χ2v) is 7.66. The van der Waals surface area contributed by atoms with E-state index in [9.17, 15) is 9.90 Å². The number of hydrogen-bond donors (Lipinski definition) is 1. The third kappa shape index (κ3) is 2.17. The van der Waals surface area contributed by atoms with Crippen LogP contribution < -0.4 is 0 Å². The Kier molecular flexibility index (Phi) is 3.33. The first-order chi connectivity index (χ1) is 12.6. The van der Waals surface area contributed by atoms with Gasteiger partial charge in [0.25, 0.3) is 0 Å². The van der Waals surface area contributed by atoms with Crippen molar-refractivity contribution in [1.29, 1.82) is 0 Å². The van der Waals surface area contributed by atoms with Crippen molar-refractivity contribution in [3.05, 3.63) is 46.1 Å². The summed E-state index contributed by atoms with van der Waals surface area (Å²) in [5, 5.41) is 15.2. The Balaban J connectivity index is 1.83. The zero-order valence-electron chi connectivity index (χ0n) is 14.2. The van der Waals surface area contributed by atoms with E-state index < -0.39 is 5.97 Å². The number of carbonyl (C=O) groups is 1. The van der Waals surface area contributed by atoms with Gasteiger partial charge >= 0.3 is 5.97 Å². The van der Waals surface area contributed by atoms with Gasteiger partial charge in [-0.3, -0.25) is 0 Å². The van der Waals surface area contributed by atoms with E-state index in [1.807, 2.05) is 6.92 Å². The average molecular weight is 364 g/mol. The molecule has 1 aliphatic carbocycles. The number of aromatic carboxylic acids is 1. The molecular weight excluding hydrogens is 348 g/mol. The van der Waals surface area contributed by atoms with Crippen molar-refractivity contribution in [2.24, 2.45) is 0 Å². The molecule has 0 aliphatic heterocycles. The molecule has 0 saturated heterocycles. The number of nitrogens with zero attached hydrogens (tertiary/aromatic N) is 4. The summed E-state index contributed by atoms with van der Waals surface area (Å²) in [5.74, 6) is 0.209. The lowest BCUT2D eigenvalue weighted by molar-refractivity contribution is 0.0697. The third-order valence-corrected chi connectivity index (χ3v) is 6.14. The topological polar surface area (TPSA) is 80.4 Å². The molecule has 0 fully saturated rings. The van der Waals surface area contributed by atoms with Gasteiger partial charge in [0.2, 0.25) is 0 Å². The lowest BCUT2D eigenvalue weighted by Crippen LogP contribution is -2.01. The van der Waals surface area contributed by atoms with Gasteiger partial charge in [0.1, 0.15) is 10.7 Å². The second kappa shape index (κ2) is 5.60. The number of hydrogen-bond acceptors (Lipinski definition) is 5. The average Bonchev–Trinajstić information content (AvgIpc) is 3.23. The molecule has 26 heavy (non-hydrogen) atoms. The number of thiophene rings is 1. The van der Waals surface area contributed by atoms with Crippen LogP contribution in [0, 0.1) is 6.92 Å². The Hall–Kier alpha value is -2.80. The molecule has 130 valence electrons. The van der Waals surface area contributed by atoms with E-state index in [-0.39, 0.29) is 5.56 Å². The van der Waals surface area contributed by atoms with E-state index in [0.717, 1.165) is 34.5 Å². The van der Waals surface area contributed by atoms with Crippen LogP contribution in [0.4, 0.5) is 0 Å². The molecule has 0 unspecified atom stereocenters. The first-order valence-corrected chi connectivity index (χ1v) is 9.45. The fourth-order valence-corrected chi connectivity index (χ4v) is 5.03. The van der Waals surface area contributed by atoms with Gasteiger partial charge in [-0.15, -0.1) is 16.4 Å². The Morgan fingerprint density at radius 2 is 2.00 bits per heavy atom. The molecule has 1 N–H and O–H groups in total. The number of aryl methyl sites for hydroxylation is 3. The van der Waals surface area contributed by atoms with Crippen LogP contribution in [0.5, 0.6) is 0 Å². The smallest absolute Gasteiger partial charge is 0.336 e. The minimum atomic E-state index is -0.979. The summed E-state index contributed by atoms with van der Waals surface area (Å²) < 4.78 is 1.75. The highest BCUT2D eigenvalue weighted by Crippen LogP contribution is 2.38. The lowest BCUT2D eigenvalue weighted by Gasteiger charge is -2.10. The van der Waals surface area contributed by atoms with E-state index in [1.165, 1.54) is 23.3 Å². The van der Waals surface area contributed by atoms with Crippen LogP contribution in [0.15, 0.2) is 24.3 Å². The van der Waals surface area contributed by atoms with Gasteiger partial charge in [0.15, 0.2) is 11.5 Å². The first kappa shape index (κ1) is 15.5. The summed E-state index contributed by atoms with van der Waals surface area (Å²) >= 11 is 1.76. The summed E-state index contributed by atoms with van der Waals surface area (Å²) in [6, 6.07) is 6.85. The summed E-state index contributed by atoms with van der Waals surface area (Å²) in [7, 11) is 0. The van der Waals surface area contributed by atoms with Crippen molar-refractivity contribution in [3.8, 4) is 11.4 Å². The fourth-order valence-electron chi connectivity index (χ4n) is 3.73. The molecule has 0 saturated carbocycles. The minimum Gasteiger partial charge on any atom is -0.478 e. The molecule has 6 nitrogen and oxygen atoms in total. The molecule has 4 aromatic rings. The maximum absolute atomic E-state index is 11.6. The monoisotopic (exact) mass is 364 g/mol. The maximum Gasteiger partial charge on any atom is 0.336 e. The van der Waals surface area contributed by atoms with Crippen LogP contribution in [0.2, 0.25) is 0 Å². The van der Waals surface area contributed by atoms with Gasteiger partial charge in [-0.2, -0.15) is 4.52 Å². The normalized spacial score (nSPS) is 14.0. The number of benzene rings is 1. The summed E-state index contributed by atoms with van der Waals surface area (Å²) in [5.41, 5.74) is 2.86. The Morgan fingerprint density at radius 3 is 2.85 bits per heavy atom. The third-order valence-electron chi connectivity index (χ3n) is 4.95. The highest BCUT2D eigenvalue weighted by Gasteiger charge is 2.23. The van der Waals surface area contributed by atoms with Crippen molar-refractivity contribution >= 4 is 33.2 Å². The number of carboxylic acid groups (broad SMARTS) is 1. The number of aromatic nitrogens is 4. The number of carboxylic acids is 1. The Labute approximate surface area is 153 Å². The van der Waals surface area contributed by atoms with E-state index in [1.54, 1.807) is 40.1 Å². The van der Waals surface area contributed by atoms with Gasteiger partial charge in [-0.1, -0.05) is 18.2 Å². The Morgan fingerprint density at radius 1 is 1.19 bits per heavy atom. The maximum atomic E-state index is 11.6. The van der Waals surface area contributed by atoms with Crippen LogP contribution in [-0.4, -0.2) is 30.7 Å². The van der Waals surface area contributed by atoms with Crippen molar-refractivity contribution < 1.29 is 9.90 Å². The molecule has 0 radical (unpaired) electrons. The predicted octanol–water partition coefficient (Wildman–Crippen LogP) is 3.89. The highest BCUT2D eigenvalue weighted by atomic mass is 32.1. The molecular formula is C19H16N4O2S. The molecule has 0 spiro atoms. The molecule has 7 heteroatoms. The van der Waals surface area contributed by atoms with Crippen LogP contribution in [0.25, 0.3) is 27.3 Å². The first-order valence-electron chi connectivity index (χ1n) is 8.64. The summed E-state index contributed by atoms with van der Waals surface area (Å²) in [4.78, 5) is 23.5. The van der Waals surface area contributed by atoms with Crippen LogP contribution >= 0.6 is 11.3 Å². The SMILES string of the molecule is Cc1nc2sc3c(c2c2nc(-c4ccccc4C(=O)O)nn12)CCCC3. The minimum absolute atomic E-state index is 0.206. The van der Waals surface area contributed by atoms with E-state index >= 15 is 0 Å². The zero-order valence-corrected chi connectivity index (χ0v) is 15.0. The van der Waals surface area contributed by atoms with Crippen LogP contribution in [0.1, 0.15) is 39.5 Å². The van der Waals surface area contributed by atoms with Crippen molar-refractivity contribution in [1.82, 2.24) is 19.6 Å².